The van der Waals surface area contributed by atoms with E-state index in [4.69, 9.17) is 4.74 Å². The van der Waals surface area contributed by atoms with Gasteiger partial charge in [-0.25, -0.2) is 0 Å². The maximum Gasteiger partial charge on any atom is 0.0597 e. The second kappa shape index (κ2) is 5.76. The fourth-order valence-corrected chi connectivity index (χ4v) is 2.46. The Morgan fingerprint density at radius 3 is 2.25 bits per heavy atom. The molecule has 0 saturated carbocycles. The van der Waals surface area contributed by atoms with E-state index in [1.807, 2.05) is 0 Å². The minimum absolute atomic E-state index is 0.0542. The summed E-state index contributed by atoms with van der Waals surface area (Å²) < 4.78 is 5.85. The fraction of sp³-hybridized carbons (Fsp3) is 1.00. The van der Waals surface area contributed by atoms with Crippen LogP contribution in [-0.2, 0) is 4.74 Å². The van der Waals surface area contributed by atoms with Crippen LogP contribution in [0, 0.1) is 0 Å². The van der Waals surface area contributed by atoms with E-state index < -0.39 is 0 Å². The number of unbranched alkanes of at least 4 members (excludes halogenated alkanes) is 2. The Labute approximate surface area is 80.3 Å². The van der Waals surface area contributed by atoms with Gasteiger partial charge in [0.05, 0.1) is 5.60 Å². The third-order valence-electron chi connectivity index (χ3n) is 1.77. The van der Waals surface area contributed by atoms with E-state index in [1.54, 1.807) is 0 Å². The van der Waals surface area contributed by atoms with Gasteiger partial charge in [-0.2, -0.15) is 0 Å². The predicted octanol–water partition coefficient (Wildman–Crippen LogP) is 2.07. The number of hydrogen-bond acceptors (Lipinski definition) is 1. The second-order valence-electron chi connectivity index (χ2n) is 4.54. The Kier molecular flexibility index (Phi) is 5.84. The monoisotopic (exact) mass is 188 g/mol. The lowest BCUT2D eigenvalue weighted by Crippen LogP contribution is -2.27. The Balaban J connectivity index is 3.40. The van der Waals surface area contributed by atoms with Crippen molar-refractivity contribution in [3.05, 3.63) is 0 Å². The zero-order valence-electron chi connectivity index (χ0n) is 9.31. The first kappa shape index (κ1) is 12.2. The molecular formula is C10H24OSi. The van der Waals surface area contributed by atoms with Crippen molar-refractivity contribution in [2.75, 3.05) is 0 Å². The molecule has 12 heavy (non-hydrogen) atoms. The van der Waals surface area contributed by atoms with Crippen LogP contribution in [0.3, 0.4) is 0 Å². The summed E-state index contributed by atoms with van der Waals surface area (Å²) in [5, 5.41) is 0. The fourth-order valence-electron chi connectivity index (χ4n) is 1.34. The molecule has 0 aromatic rings. The second-order valence-corrected chi connectivity index (χ2v) is 5.82. The molecule has 0 aliphatic rings. The first-order valence-electron chi connectivity index (χ1n) is 5.13. The van der Waals surface area contributed by atoms with Gasteiger partial charge < -0.3 is 4.74 Å². The molecule has 0 aromatic heterocycles. The molecule has 0 spiro atoms. The van der Waals surface area contributed by atoms with E-state index in [9.17, 15) is 0 Å². The van der Waals surface area contributed by atoms with Crippen LogP contribution in [0.25, 0.3) is 0 Å². The Morgan fingerprint density at radius 2 is 1.83 bits per heavy atom. The zero-order valence-corrected chi connectivity index (χ0v) is 11.3. The van der Waals surface area contributed by atoms with Crippen LogP contribution < -0.4 is 0 Å². The SMILES string of the molecule is CCCCCC([SiH3])OC(C)(C)C. The van der Waals surface area contributed by atoms with Gasteiger partial charge in [0.1, 0.15) is 0 Å². The van der Waals surface area contributed by atoms with Crippen molar-refractivity contribution in [3.63, 3.8) is 0 Å². The molecule has 1 unspecified atom stereocenters. The lowest BCUT2D eigenvalue weighted by Gasteiger charge is -2.25. The standard InChI is InChI=1S/C10H24OSi/c1-5-6-7-8-9(12)11-10(2,3)4/h9H,5-8H2,1-4,12H3. The van der Waals surface area contributed by atoms with Gasteiger partial charge in [-0.05, 0) is 27.2 Å². The van der Waals surface area contributed by atoms with Gasteiger partial charge in [0.15, 0.2) is 0 Å². The molecule has 1 nitrogen and oxygen atoms in total. The van der Waals surface area contributed by atoms with E-state index in [0.717, 1.165) is 10.2 Å². The lowest BCUT2D eigenvalue weighted by atomic mass is 10.2. The van der Waals surface area contributed by atoms with Crippen LogP contribution >= 0.6 is 0 Å². The van der Waals surface area contributed by atoms with Crippen molar-refractivity contribution < 1.29 is 4.74 Å². The molecule has 0 amide bonds. The van der Waals surface area contributed by atoms with E-state index in [1.165, 1.54) is 25.7 Å². The van der Waals surface area contributed by atoms with Crippen LogP contribution in [0.15, 0.2) is 0 Å². The largest absolute Gasteiger partial charge is 0.377 e. The molecule has 0 heterocycles. The van der Waals surface area contributed by atoms with Crippen molar-refractivity contribution in [2.45, 2.75) is 64.7 Å². The highest BCUT2D eigenvalue weighted by atomic mass is 28.1. The van der Waals surface area contributed by atoms with Crippen molar-refractivity contribution >= 4 is 10.2 Å². The molecule has 0 N–H and O–H groups in total. The number of hydrogen-bond donors (Lipinski definition) is 0. The first-order chi connectivity index (χ1) is 5.45. The maximum atomic E-state index is 5.85. The van der Waals surface area contributed by atoms with Crippen LogP contribution in [0.5, 0.6) is 0 Å². The van der Waals surface area contributed by atoms with Crippen molar-refractivity contribution in [1.29, 1.82) is 0 Å². The molecule has 0 aliphatic heterocycles. The van der Waals surface area contributed by atoms with Crippen molar-refractivity contribution in [3.8, 4) is 0 Å². The topological polar surface area (TPSA) is 9.23 Å². The lowest BCUT2D eigenvalue weighted by molar-refractivity contribution is -0.0264. The minimum Gasteiger partial charge on any atom is -0.377 e. The molecule has 0 bridgehead atoms. The molecule has 0 saturated heterocycles. The van der Waals surface area contributed by atoms with E-state index >= 15 is 0 Å². The summed E-state index contributed by atoms with van der Waals surface area (Å²) in [5.74, 6) is 0. The summed E-state index contributed by atoms with van der Waals surface area (Å²) >= 11 is 0. The third-order valence-corrected chi connectivity index (χ3v) is 2.58. The van der Waals surface area contributed by atoms with Crippen molar-refractivity contribution in [2.24, 2.45) is 0 Å². The third kappa shape index (κ3) is 8.28. The molecule has 0 rings (SSSR count). The molecular weight excluding hydrogens is 164 g/mol. The molecule has 1 atom stereocenters. The average molecular weight is 188 g/mol. The van der Waals surface area contributed by atoms with Crippen LogP contribution in [0.1, 0.15) is 53.4 Å². The zero-order chi connectivity index (χ0) is 9.61. The Hall–Kier alpha value is 0.177. The average Bonchev–Trinajstić information content (AvgIpc) is 1.84. The summed E-state index contributed by atoms with van der Waals surface area (Å²) in [7, 11) is 1.16. The van der Waals surface area contributed by atoms with Crippen LogP contribution in [0.4, 0.5) is 0 Å². The molecule has 2 heteroatoms. The highest BCUT2D eigenvalue weighted by Gasteiger charge is 2.14. The Morgan fingerprint density at radius 1 is 1.25 bits per heavy atom. The quantitative estimate of drug-likeness (QED) is 0.474. The van der Waals surface area contributed by atoms with Gasteiger partial charge in [-0.15, -0.1) is 0 Å². The highest BCUT2D eigenvalue weighted by Crippen LogP contribution is 2.13. The normalized spacial score (nSPS) is 15.0. The van der Waals surface area contributed by atoms with Gasteiger partial charge in [0, 0.05) is 16.0 Å². The van der Waals surface area contributed by atoms with E-state index in [2.05, 4.69) is 27.7 Å². The van der Waals surface area contributed by atoms with Gasteiger partial charge in [0.2, 0.25) is 0 Å². The summed E-state index contributed by atoms with van der Waals surface area (Å²) in [6, 6.07) is 0. The molecule has 0 fully saturated rings. The summed E-state index contributed by atoms with van der Waals surface area (Å²) in [6.07, 6.45) is 5.26. The van der Waals surface area contributed by atoms with Gasteiger partial charge >= 0.3 is 0 Å². The molecule has 0 aromatic carbocycles. The van der Waals surface area contributed by atoms with E-state index in [0.29, 0.717) is 5.73 Å². The summed E-state index contributed by atoms with van der Waals surface area (Å²) in [4.78, 5) is 0. The van der Waals surface area contributed by atoms with Gasteiger partial charge in [-0.3, -0.25) is 0 Å². The van der Waals surface area contributed by atoms with Crippen LogP contribution in [0.2, 0.25) is 0 Å². The molecule has 74 valence electrons. The number of ether oxygens (including phenoxy) is 1. The van der Waals surface area contributed by atoms with E-state index in [-0.39, 0.29) is 5.60 Å². The smallest absolute Gasteiger partial charge is 0.0597 e. The predicted molar refractivity (Wildman–Crippen MR) is 58.7 cm³/mol. The maximum absolute atomic E-state index is 5.85. The van der Waals surface area contributed by atoms with Crippen molar-refractivity contribution in [1.82, 2.24) is 0 Å². The van der Waals surface area contributed by atoms with Crippen LogP contribution in [-0.4, -0.2) is 21.6 Å². The minimum atomic E-state index is 0.0542. The molecule has 0 radical (unpaired) electrons. The first-order valence-corrected chi connectivity index (χ1v) is 6.29. The summed E-state index contributed by atoms with van der Waals surface area (Å²) in [6.45, 7) is 8.65. The highest BCUT2D eigenvalue weighted by molar-refractivity contribution is 6.10. The molecule has 0 aliphatic carbocycles. The van der Waals surface area contributed by atoms with Gasteiger partial charge in [0.25, 0.3) is 0 Å². The Bertz CT molecular complexity index is 107. The number of rotatable bonds is 5. The summed E-state index contributed by atoms with van der Waals surface area (Å²) in [5.41, 5.74) is 0.607. The van der Waals surface area contributed by atoms with Gasteiger partial charge in [-0.1, -0.05) is 26.2 Å².